The molecule has 0 atom stereocenters. The number of halogens is 1. The maximum atomic E-state index is 13.2. The molecule has 0 aliphatic heterocycles. The summed E-state index contributed by atoms with van der Waals surface area (Å²) in [4.78, 5) is 8.75. The first kappa shape index (κ1) is 11.1. The summed E-state index contributed by atoms with van der Waals surface area (Å²) in [6.45, 7) is 1.73. The fourth-order valence-corrected chi connectivity index (χ4v) is 1.99. The second-order valence-electron chi connectivity index (χ2n) is 4.78. The van der Waals surface area contributed by atoms with Crippen molar-refractivity contribution in [3.63, 3.8) is 0 Å². The molecule has 0 unspecified atom stereocenters. The van der Waals surface area contributed by atoms with E-state index < -0.39 is 0 Å². The van der Waals surface area contributed by atoms with Gasteiger partial charge in [-0.25, -0.2) is 14.4 Å². The maximum Gasteiger partial charge on any atom is 0.161 e. The molecule has 1 saturated carbocycles. The molecule has 1 aliphatic rings. The van der Waals surface area contributed by atoms with Gasteiger partial charge in [0.15, 0.2) is 5.82 Å². The predicted molar refractivity (Wildman–Crippen MR) is 68.6 cm³/mol. The largest absolute Gasteiger partial charge is 0.384 e. The molecular weight excluding hydrogens is 229 g/mol. The molecule has 1 aliphatic carbocycles. The van der Waals surface area contributed by atoms with Crippen molar-refractivity contribution >= 4 is 5.82 Å². The summed E-state index contributed by atoms with van der Waals surface area (Å²) in [7, 11) is 0. The zero-order valence-electron chi connectivity index (χ0n) is 10.2. The lowest BCUT2D eigenvalue weighted by Gasteiger charge is -2.06. The van der Waals surface area contributed by atoms with Gasteiger partial charge in [0.25, 0.3) is 0 Å². The van der Waals surface area contributed by atoms with Crippen molar-refractivity contribution in [2.75, 3.05) is 5.73 Å². The molecule has 3 rings (SSSR count). The molecule has 18 heavy (non-hydrogen) atoms. The third kappa shape index (κ3) is 2.06. The highest BCUT2D eigenvalue weighted by Crippen LogP contribution is 2.39. The quantitative estimate of drug-likeness (QED) is 0.882. The van der Waals surface area contributed by atoms with Gasteiger partial charge in [-0.3, -0.25) is 0 Å². The van der Waals surface area contributed by atoms with Crippen molar-refractivity contribution in [1.82, 2.24) is 9.97 Å². The fraction of sp³-hybridized carbons (Fsp3) is 0.286. The molecule has 2 aromatic rings. The van der Waals surface area contributed by atoms with Crippen molar-refractivity contribution in [1.29, 1.82) is 0 Å². The Morgan fingerprint density at radius 3 is 2.67 bits per heavy atom. The highest BCUT2D eigenvalue weighted by Gasteiger charge is 2.26. The third-order valence-corrected chi connectivity index (χ3v) is 3.18. The Kier molecular flexibility index (Phi) is 2.51. The van der Waals surface area contributed by atoms with Gasteiger partial charge >= 0.3 is 0 Å². The molecule has 4 heteroatoms. The molecule has 1 heterocycles. The Labute approximate surface area is 105 Å². The van der Waals surface area contributed by atoms with E-state index in [2.05, 4.69) is 9.97 Å². The van der Waals surface area contributed by atoms with Gasteiger partial charge in [-0.2, -0.15) is 0 Å². The summed E-state index contributed by atoms with van der Waals surface area (Å²) in [5, 5.41) is 0. The maximum absolute atomic E-state index is 13.2. The number of nitrogens with two attached hydrogens (primary N) is 1. The summed E-state index contributed by atoms with van der Waals surface area (Å²) in [6.07, 6.45) is 2.33. The normalized spacial score (nSPS) is 14.8. The van der Waals surface area contributed by atoms with E-state index in [9.17, 15) is 4.39 Å². The molecule has 92 valence electrons. The van der Waals surface area contributed by atoms with Crippen LogP contribution in [0.2, 0.25) is 0 Å². The number of nitrogens with zero attached hydrogens (tertiary/aromatic N) is 2. The number of aryl methyl sites for hydroxylation is 1. The van der Waals surface area contributed by atoms with E-state index in [4.69, 9.17) is 5.73 Å². The lowest BCUT2D eigenvalue weighted by Crippen LogP contribution is -2.00. The van der Waals surface area contributed by atoms with Gasteiger partial charge in [0.05, 0.1) is 0 Å². The van der Waals surface area contributed by atoms with Gasteiger partial charge in [-0.1, -0.05) is 0 Å². The Bertz CT molecular complexity index is 606. The topological polar surface area (TPSA) is 51.8 Å². The molecule has 3 nitrogen and oxygen atoms in total. The fourth-order valence-electron chi connectivity index (χ4n) is 1.99. The third-order valence-electron chi connectivity index (χ3n) is 3.18. The molecule has 1 fully saturated rings. The van der Waals surface area contributed by atoms with E-state index >= 15 is 0 Å². The minimum absolute atomic E-state index is 0.218. The molecule has 0 saturated heterocycles. The van der Waals surface area contributed by atoms with Crippen molar-refractivity contribution < 1.29 is 4.39 Å². The van der Waals surface area contributed by atoms with Gasteiger partial charge in [-0.15, -0.1) is 0 Å². The van der Waals surface area contributed by atoms with Crippen molar-refractivity contribution in [2.45, 2.75) is 25.7 Å². The Morgan fingerprint density at radius 1 is 1.22 bits per heavy atom. The number of aromatic nitrogens is 2. The number of anilines is 1. The summed E-state index contributed by atoms with van der Waals surface area (Å²) in [5.74, 6) is 1.37. The first-order chi connectivity index (χ1) is 8.63. The number of benzene rings is 1. The van der Waals surface area contributed by atoms with Crippen molar-refractivity contribution in [3.8, 4) is 11.4 Å². The van der Waals surface area contributed by atoms with Crippen LogP contribution in [0.25, 0.3) is 11.4 Å². The monoisotopic (exact) mass is 243 g/mol. The zero-order valence-corrected chi connectivity index (χ0v) is 10.2. The van der Waals surface area contributed by atoms with E-state index in [1.807, 2.05) is 6.07 Å². The van der Waals surface area contributed by atoms with Crippen LogP contribution in [0.1, 0.15) is 30.0 Å². The van der Waals surface area contributed by atoms with E-state index in [1.165, 1.54) is 18.9 Å². The SMILES string of the molecule is Cc1cc(-c2nc(N)cc(C3CC3)n2)ccc1F. The zero-order chi connectivity index (χ0) is 12.7. The number of rotatable bonds is 2. The van der Waals surface area contributed by atoms with Crippen LogP contribution in [0.4, 0.5) is 10.2 Å². The van der Waals surface area contributed by atoms with Crippen LogP contribution in [0, 0.1) is 12.7 Å². The molecule has 0 bridgehead atoms. The molecule has 1 aromatic heterocycles. The van der Waals surface area contributed by atoms with Gasteiger partial charge in [0, 0.05) is 23.2 Å². The van der Waals surface area contributed by atoms with Gasteiger partial charge in [0.1, 0.15) is 11.6 Å². The Morgan fingerprint density at radius 2 is 2.00 bits per heavy atom. The first-order valence-electron chi connectivity index (χ1n) is 6.04. The second kappa shape index (κ2) is 4.05. The first-order valence-corrected chi connectivity index (χ1v) is 6.04. The summed E-state index contributed by atoms with van der Waals surface area (Å²) in [5.41, 5.74) is 8.20. The molecule has 0 amide bonds. The van der Waals surface area contributed by atoms with Crippen LogP contribution >= 0.6 is 0 Å². The minimum atomic E-state index is -0.218. The van der Waals surface area contributed by atoms with Gasteiger partial charge in [-0.05, 0) is 43.5 Å². The van der Waals surface area contributed by atoms with E-state index in [0.29, 0.717) is 23.1 Å². The molecule has 0 radical (unpaired) electrons. The van der Waals surface area contributed by atoms with Crippen molar-refractivity contribution in [2.24, 2.45) is 0 Å². The van der Waals surface area contributed by atoms with Crippen LogP contribution in [-0.2, 0) is 0 Å². The number of nitrogen functional groups attached to an aromatic ring is 1. The standard InChI is InChI=1S/C14H14FN3/c1-8-6-10(4-5-11(8)15)14-17-12(9-2-3-9)7-13(16)18-14/h4-7,9H,2-3H2,1H3,(H2,16,17,18). The van der Waals surface area contributed by atoms with Crippen molar-refractivity contribution in [3.05, 3.63) is 41.3 Å². The van der Waals surface area contributed by atoms with Crippen LogP contribution in [0.15, 0.2) is 24.3 Å². The molecule has 1 aromatic carbocycles. The Hall–Kier alpha value is -1.97. The molecular formula is C14H14FN3. The highest BCUT2D eigenvalue weighted by atomic mass is 19.1. The van der Waals surface area contributed by atoms with Crippen LogP contribution in [-0.4, -0.2) is 9.97 Å². The average molecular weight is 243 g/mol. The van der Waals surface area contributed by atoms with Crippen LogP contribution in [0.3, 0.4) is 0 Å². The average Bonchev–Trinajstić information content (AvgIpc) is 3.16. The van der Waals surface area contributed by atoms with E-state index in [1.54, 1.807) is 19.1 Å². The lowest BCUT2D eigenvalue weighted by molar-refractivity contribution is 0.618. The summed E-state index contributed by atoms with van der Waals surface area (Å²) >= 11 is 0. The molecule has 2 N–H and O–H groups in total. The number of hydrogen-bond donors (Lipinski definition) is 1. The van der Waals surface area contributed by atoms with Gasteiger partial charge < -0.3 is 5.73 Å². The highest BCUT2D eigenvalue weighted by molar-refractivity contribution is 5.58. The van der Waals surface area contributed by atoms with Crippen LogP contribution < -0.4 is 5.73 Å². The summed E-state index contributed by atoms with van der Waals surface area (Å²) < 4.78 is 13.2. The van der Waals surface area contributed by atoms with E-state index in [0.717, 1.165) is 11.3 Å². The smallest absolute Gasteiger partial charge is 0.161 e. The predicted octanol–water partition coefficient (Wildman–Crippen LogP) is 3.05. The van der Waals surface area contributed by atoms with E-state index in [-0.39, 0.29) is 5.82 Å². The number of hydrogen-bond acceptors (Lipinski definition) is 3. The second-order valence-corrected chi connectivity index (χ2v) is 4.78. The molecule has 0 spiro atoms. The summed E-state index contributed by atoms with van der Waals surface area (Å²) in [6, 6.07) is 6.71. The van der Waals surface area contributed by atoms with Crippen LogP contribution in [0.5, 0.6) is 0 Å². The Balaban J connectivity index is 2.07. The lowest BCUT2D eigenvalue weighted by atomic mass is 10.1. The van der Waals surface area contributed by atoms with Gasteiger partial charge in [0.2, 0.25) is 0 Å². The minimum Gasteiger partial charge on any atom is -0.384 e.